The lowest BCUT2D eigenvalue weighted by molar-refractivity contribution is 0.195. The number of aliphatic hydroxyl groups is 1. The summed E-state index contributed by atoms with van der Waals surface area (Å²) in [6.07, 6.45) is 0.429. The summed E-state index contributed by atoms with van der Waals surface area (Å²) in [5.74, 6) is 0. The van der Waals surface area contributed by atoms with Gasteiger partial charge in [-0.25, -0.2) is 0 Å². The van der Waals surface area contributed by atoms with E-state index in [1.807, 2.05) is 6.92 Å². The molecule has 1 aromatic carbocycles. The highest BCUT2D eigenvalue weighted by Crippen LogP contribution is 2.37. The van der Waals surface area contributed by atoms with E-state index in [0.29, 0.717) is 13.0 Å². The summed E-state index contributed by atoms with van der Waals surface area (Å²) >= 11 is 0. The molecule has 0 bridgehead atoms. The molecule has 0 heterocycles. The summed E-state index contributed by atoms with van der Waals surface area (Å²) in [5, 5.41) is 9.60. The molecular weight excluding hydrogens is 252 g/mol. The summed E-state index contributed by atoms with van der Waals surface area (Å²) in [6.45, 7) is 13.8. The molecule has 1 atom stereocenters. The van der Waals surface area contributed by atoms with Crippen molar-refractivity contribution in [2.45, 2.75) is 65.0 Å². The second kappa shape index (κ2) is 6.20. The monoisotopic (exact) mass is 280 g/mol. The number of hydrogen-bond donors (Lipinski definition) is 1. The lowest BCUT2D eigenvalue weighted by Gasteiger charge is -2.36. The van der Waals surface area contributed by atoms with Crippen LogP contribution < -0.4 is 0 Å². The van der Waals surface area contributed by atoms with Crippen molar-refractivity contribution in [3.05, 3.63) is 35.4 Å². The Morgan fingerprint density at radius 2 is 1.58 bits per heavy atom. The maximum atomic E-state index is 9.36. The standard InChI is InChI=1S/C16H28O2Si/c1-13(17)11-14-7-9-15(10-8-14)12-18-19(5,6)16(2,3)4/h7-10,13,17H,11-12H2,1-6H3. The first-order valence-corrected chi connectivity index (χ1v) is 9.92. The van der Waals surface area contributed by atoms with Gasteiger partial charge in [-0.2, -0.15) is 0 Å². The van der Waals surface area contributed by atoms with E-state index in [1.54, 1.807) is 0 Å². The second-order valence-electron chi connectivity index (χ2n) is 6.92. The maximum absolute atomic E-state index is 9.36. The Labute approximate surface area is 118 Å². The fourth-order valence-electron chi connectivity index (χ4n) is 1.59. The predicted molar refractivity (Wildman–Crippen MR) is 83.8 cm³/mol. The van der Waals surface area contributed by atoms with Gasteiger partial charge in [-0.15, -0.1) is 0 Å². The molecule has 0 saturated carbocycles. The lowest BCUT2D eigenvalue weighted by Crippen LogP contribution is -2.40. The van der Waals surface area contributed by atoms with Gasteiger partial charge in [0.05, 0.1) is 12.7 Å². The highest BCUT2D eigenvalue weighted by atomic mass is 28.4. The molecule has 1 aromatic rings. The first kappa shape index (κ1) is 16.4. The summed E-state index contributed by atoms with van der Waals surface area (Å²) in [6, 6.07) is 8.36. The van der Waals surface area contributed by atoms with Gasteiger partial charge >= 0.3 is 0 Å². The van der Waals surface area contributed by atoms with Crippen LogP contribution in [0.15, 0.2) is 24.3 Å². The molecule has 0 aliphatic rings. The highest BCUT2D eigenvalue weighted by molar-refractivity contribution is 6.74. The number of hydrogen-bond acceptors (Lipinski definition) is 2. The number of aliphatic hydroxyl groups excluding tert-OH is 1. The van der Waals surface area contributed by atoms with E-state index in [4.69, 9.17) is 4.43 Å². The van der Waals surface area contributed by atoms with Crippen molar-refractivity contribution in [1.29, 1.82) is 0 Å². The molecule has 0 aromatic heterocycles. The van der Waals surface area contributed by atoms with Crippen molar-refractivity contribution < 1.29 is 9.53 Å². The Hall–Kier alpha value is -0.643. The van der Waals surface area contributed by atoms with Gasteiger partial charge < -0.3 is 9.53 Å². The van der Waals surface area contributed by atoms with Gasteiger partial charge in [-0.1, -0.05) is 45.0 Å². The van der Waals surface area contributed by atoms with Crippen LogP contribution in [-0.4, -0.2) is 19.5 Å². The normalized spacial score (nSPS) is 14.5. The van der Waals surface area contributed by atoms with E-state index in [-0.39, 0.29) is 11.1 Å². The molecule has 0 saturated heterocycles. The number of benzene rings is 1. The molecular formula is C16H28O2Si. The topological polar surface area (TPSA) is 29.5 Å². The van der Waals surface area contributed by atoms with Gasteiger partial charge in [0.1, 0.15) is 0 Å². The van der Waals surface area contributed by atoms with Crippen molar-refractivity contribution in [3.8, 4) is 0 Å². The zero-order chi connectivity index (χ0) is 14.7. The molecule has 0 spiro atoms. The van der Waals surface area contributed by atoms with E-state index in [1.165, 1.54) is 11.1 Å². The van der Waals surface area contributed by atoms with Gasteiger partial charge in [0.15, 0.2) is 8.32 Å². The first-order valence-electron chi connectivity index (χ1n) is 7.02. The largest absolute Gasteiger partial charge is 0.413 e. The molecule has 0 aliphatic carbocycles. The Balaban J connectivity index is 2.59. The second-order valence-corrected chi connectivity index (χ2v) is 11.7. The molecule has 3 heteroatoms. The van der Waals surface area contributed by atoms with Gasteiger partial charge in [0, 0.05) is 0 Å². The van der Waals surface area contributed by atoms with Crippen LogP contribution in [0.4, 0.5) is 0 Å². The zero-order valence-electron chi connectivity index (χ0n) is 13.2. The first-order chi connectivity index (χ1) is 8.62. The van der Waals surface area contributed by atoms with Crippen LogP contribution in [0.2, 0.25) is 18.1 Å². The zero-order valence-corrected chi connectivity index (χ0v) is 14.2. The average molecular weight is 280 g/mol. The minimum atomic E-state index is -1.67. The smallest absolute Gasteiger partial charge is 0.192 e. The summed E-state index contributed by atoms with van der Waals surface area (Å²) < 4.78 is 6.19. The van der Waals surface area contributed by atoms with Gasteiger partial charge in [-0.05, 0) is 42.6 Å². The molecule has 1 rings (SSSR count). The van der Waals surface area contributed by atoms with Gasteiger partial charge in [0.2, 0.25) is 0 Å². The third-order valence-corrected chi connectivity index (χ3v) is 8.44. The maximum Gasteiger partial charge on any atom is 0.192 e. The fraction of sp³-hybridized carbons (Fsp3) is 0.625. The molecule has 0 amide bonds. The van der Waals surface area contributed by atoms with Crippen LogP contribution in [0.1, 0.15) is 38.8 Å². The van der Waals surface area contributed by atoms with E-state index in [2.05, 4.69) is 58.1 Å². The van der Waals surface area contributed by atoms with Crippen LogP contribution in [0, 0.1) is 0 Å². The van der Waals surface area contributed by atoms with Crippen molar-refractivity contribution in [1.82, 2.24) is 0 Å². The van der Waals surface area contributed by atoms with E-state index in [9.17, 15) is 5.11 Å². The minimum Gasteiger partial charge on any atom is -0.413 e. The highest BCUT2D eigenvalue weighted by Gasteiger charge is 2.36. The van der Waals surface area contributed by atoms with Gasteiger partial charge in [-0.3, -0.25) is 0 Å². The van der Waals surface area contributed by atoms with Crippen molar-refractivity contribution >= 4 is 8.32 Å². The van der Waals surface area contributed by atoms with Crippen LogP contribution in [0.25, 0.3) is 0 Å². The van der Waals surface area contributed by atoms with Crippen LogP contribution in [0.5, 0.6) is 0 Å². The number of rotatable bonds is 5. The van der Waals surface area contributed by atoms with Crippen LogP contribution in [-0.2, 0) is 17.5 Å². The Kier molecular flexibility index (Phi) is 5.36. The Morgan fingerprint density at radius 3 is 2.00 bits per heavy atom. The third kappa shape index (κ3) is 5.09. The Morgan fingerprint density at radius 1 is 1.11 bits per heavy atom. The van der Waals surface area contributed by atoms with E-state index >= 15 is 0 Å². The summed E-state index contributed by atoms with van der Waals surface area (Å²) in [5.41, 5.74) is 2.38. The van der Waals surface area contributed by atoms with E-state index in [0.717, 1.165) is 0 Å². The minimum absolute atomic E-state index is 0.249. The fourth-order valence-corrected chi connectivity index (χ4v) is 2.55. The molecule has 108 valence electrons. The molecule has 2 nitrogen and oxygen atoms in total. The summed E-state index contributed by atoms with van der Waals surface area (Å²) in [7, 11) is -1.67. The lowest BCUT2D eigenvalue weighted by atomic mass is 10.1. The Bertz CT molecular complexity index is 388. The van der Waals surface area contributed by atoms with Gasteiger partial charge in [0.25, 0.3) is 0 Å². The van der Waals surface area contributed by atoms with Crippen LogP contribution >= 0.6 is 0 Å². The van der Waals surface area contributed by atoms with E-state index < -0.39 is 8.32 Å². The predicted octanol–water partition coefficient (Wildman–Crippen LogP) is 4.13. The van der Waals surface area contributed by atoms with Crippen molar-refractivity contribution in [2.24, 2.45) is 0 Å². The molecule has 0 radical (unpaired) electrons. The molecule has 1 N–H and O–H groups in total. The third-order valence-electron chi connectivity index (χ3n) is 3.96. The quantitative estimate of drug-likeness (QED) is 0.822. The molecule has 19 heavy (non-hydrogen) atoms. The SMILES string of the molecule is CC(O)Cc1ccc(CO[Si](C)(C)C(C)(C)C)cc1. The molecule has 0 fully saturated rings. The van der Waals surface area contributed by atoms with Crippen molar-refractivity contribution in [2.75, 3.05) is 0 Å². The summed E-state index contributed by atoms with van der Waals surface area (Å²) in [4.78, 5) is 0. The van der Waals surface area contributed by atoms with Crippen molar-refractivity contribution in [3.63, 3.8) is 0 Å². The molecule has 0 aliphatic heterocycles. The van der Waals surface area contributed by atoms with Crippen LogP contribution in [0.3, 0.4) is 0 Å². The average Bonchev–Trinajstić information content (AvgIpc) is 2.26. The molecule has 1 unspecified atom stereocenters.